The highest BCUT2D eigenvalue weighted by atomic mass is 32.2. The topological polar surface area (TPSA) is 94.7 Å². The summed E-state index contributed by atoms with van der Waals surface area (Å²) in [6.07, 6.45) is 3.64. The molecule has 3 aromatic rings. The average molecular weight is 378 g/mol. The van der Waals surface area contributed by atoms with Crippen molar-refractivity contribution in [1.29, 1.82) is 0 Å². The molecule has 3 rings (SSSR count). The third kappa shape index (κ3) is 3.19. The molecule has 0 saturated carbocycles. The fourth-order valence-electron chi connectivity index (χ4n) is 2.83. The Hall–Kier alpha value is -2.75. The zero-order valence-electron chi connectivity index (χ0n) is 14.6. The van der Waals surface area contributed by atoms with E-state index in [0.29, 0.717) is 24.2 Å². The van der Waals surface area contributed by atoms with Gasteiger partial charge >= 0.3 is 0 Å². The van der Waals surface area contributed by atoms with E-state index in [0.717, 1.165) is 6.07 Å². The highest BCUT2D eigenvalue weighted by molar-refractivity contribution is 7.92. The summed E-state index contributed by atoms with van der Waals surface area (Å²) in [4.78, 5) is 3.92. The molecule has 0 fully saturated rings. The Morgan fingerprint density at radius 2 is 2.00 bits per heavy atom. The van der Waals surface area contributed by atoms with E-state index in [4.69, 9.17) is 0 Å². The Kier molecular flexibility index (Phi) is 4.77. The van der Waals surface area contributed by atoms with Gasteiger partial charge < -0.3 is 0 Å². The summed E-state index contributed by atoms with van der Waals surface area (Å²) in [6, 6.07) is 4.03. The molecule has 26 heavy (non-hydrogen) atoms. The van der Waals surface area contributed by atoms with Gasteiger partial charge in [-0.25, -0.2) is 22.5 Å². The molecule has 2 heterocycles. The summed E-state index contributed by atoms with van der Waals surface area (Å²) in [5.41, 5.74) is 1.39. The van der Waals surface area contributed by atoms with Crippen LogP contribution in [0.3, 0.4) is 0 Å². The Labute approximate surface area is 150 Å². The summed E-state index contributed by atoms with van der Waals surface area (Å²) in [6.45, 7) is 3.70. The van der Waals surface area contributed by atoms with Crippen LogP contribution in [0.1, 0.15) is 25.2 Å². The Balaban J connectivity index is 1.97. The van der Waals surface area contributed by atoms with Crippen LogP contribution in [-0.2, 0) is 29.9 Å². The largest absolute Gasteiger partial charge is 0.279 e. The molecule has 0 aliphatic rings. The van der Waals surface area contributed by atoms with Crippen molar-refractivity contribution < 1.29 is 12.8 Å². The van der Waals surface area contributed by atoms with E-state index < -0.39 is 15.8 Å². The van der Waals surface area contributed by atoms with Gasteiger partial charge in [0.2, 0.25) is 0 Å². The van der Waals surface area contributed by atoms with Gasteiger partial charge in [0, 0.05) is 13.1 Å². The first kappa shape index (κ1) is 18.1. The van der Waals surface area contributed by atoms with Gasteiger partial charge in [0.15, 0.2) is 5.82 Å². The maximum atomic E-state index is 14.3. The minimum Gasteiger partial charge on any atom is -0.279 e. The lowest BCUT2D eigenvalue weighted by Crippen LogP contribution is -2.16. The molecule has 138 valence electrons. The van der Waals surface area contributed by atoms with Crippen LogP contribution in [0.25, 0.3) is 5.69 Å². The third-order valence-electron chi connectivity index (χ3n) is 3.99. The van der Waals surface area contributed by atoms with Crippen LogP contribution in [0.4, 0.5) is 10.1 Å². The molecule has 1 aromatic carbocycles. The molecular formula is C16H19FN6O2S. The monoisotopic (exact) mass is 378 g/mol. The normalized spacial score (nSPS) is 11.7. The third-order valence-corrected chi connectivity index (χ3v) is 5.50. The maximum Gasteiger partial charge on any atom is 0.265 e. The smallest absolute Gasteiger partial charge is 0.265 e. The molecule has 0 aliphatic carbocycles. The summed E-state index contributed by atoms with van der Waals surface area (Å²) < 4.78 is 45.4. The summed E-state index contributed by atoms with van der Waals surface area (Å²) >= 11 is 0. The molecule has 1 N–H and O–H groups in total. The SMILES string of the molecule is CCc1nn(C)c(CC)c1S(=O)(=O)Nc1ccc(-n2cncn2)c(F)c1. The molecule has 0 bridgehead atoms. The van der Waals surface area contributed by atoms with E-state index in [2.05, 4.69) is 19.9 Å². The van der Waals surface area contributed by atoms with Crippen LogP contribution in [-0.4, -0.2) is 33.0 Å². The first-order valence-electron chi connectivity index (χ1n) is 8.09. The number of sulfonamides is 1. The Morgan fingerprint density at radius 3 is 2.58 bits per heavy atom. The van der Waals surface area contributed by atoms with Crippen molar-refractivity contribution in [2.24, 2.45) is 7.05 Å². The number of aromatic nitrogens is 5. The van der Waals surface area contributed by atoms with E-state index in [9.17, 15) is 12.8 Å². The lowest BCUT2D eigenvalue weighted by Gasteiger charge is -2.11. The van der Waals surface area contributed by atoms with E-state index in [1.807, 2.05) is 13.8 Å². The predicted octanol–water partition coefficient (Wildman–Crippen LogP) is 2.07. The predicted molar refractivity (Wildman–Crippen MR) is 94.1 cm³/mol. The second-order valence-electron chi connectivity index (χ2n) is 5.66. The number of nitrogens with one attached hydrogen (secondary N) is 1. The number of aryl methyl sites for hydroxylation is 2. The molecule has 0 atom stereocenters. The first-order chi connectivity index (χ1) is 12.4. The lowest BCUT2D eigenvalue weighted by molar-refractivity contribution is 0.598. The van der Waals surface area contributed by atoms with Crippen LogP contribution in [0.5, 0.6) is 0 Å². The van der Waals surface area contributed by atoms with Crippen molar-refractivity contribution >= 4 is 15.7 Å². The fraction of sp³-hybridized carbons (Fsp3) is 0.312. The quantitative estimate of drug-likeness (QED) is 0.708. The highest BCUT2D eigenvalue weighted by Crippen LogP contribution is 2.25. The number of hydrogen-bond donors (Lipinski definition) is 1. The Bertz CT molecular complexity index is 1030. The maximum absolute atomic E-state index is 14.3. The van der Waals surface area contributed by atoms with Gasteiger partial charge in [-0.3, -0.25) is 9.40 Å². The van der Waals surface area contributed by atoms with Crippen LogP contribution in [0.2, 0.25) is 0 Å². The number of halogens is 1. The van der Waals surface area contributed by atoms with Gasteiger partial charge in [-0.1, -0.05) is 13.8 Å². The van der Waals surface area contributed by atoms with Crippen molar-refractivity contribution in [3.8, 4) is 5.69 Å². The van der Waals surface area contributed by atoms with Gasteiger partial charge in [0.25, 0.3) is 10.0 Å². The molecule has 0 spiro atoms. The number of rotatable bonds is 6. The molecule has 0 aliphatic heterocycles. The Morgan fingerprint density at radius 1 is 1.23 bits per heavy atom. The van der Waals surface area contributed by atoms with Gasteiger partial charge in [0.05, 0.1) is 17.1 Å². The van der Waals surface area contributed by atoms with Gasteiger partial charge in [-0.05, 0) is 25.0 Å². The van der Waals surface area contributed by atoms with Crippen molar-refractivity contribution in [2.75, 3.05) is 4.72 Å². The van der Waals surface area contributed by atoms with E-state index in [1.165, 1.54) is 29.5 Å². The summed E-state index contributed by atoms with van der Waals surface area (Å²) in [7, 11) is -2.18. The number of nitrogens with zero attached hydrogens (tertiary/aromatic N) is 5. The number of anilines is 1. The molecule has 10 heteroatoms. The second kappa shape index (κ2) is 6.87. The van der Waals surface area contributed by atoms with Crippen LogP contribution < -0.4 is 4.72 Å². The van der Waals surface area contributed by atoms with Crippen molar-refractivity contribution in [3.63, 3.8) is 0 Å². The molecule has 2 aromatic heterocycles. The zero-order chi connectivity index (χ0) is 18.9. The number of hydrogen-bond acceptors (Lipinski definition) is 5. The molecule has 0 saturated heterocycles. The molecule has 0 unspecified atom stereocenters. The zero-order valence-corrected chi connectivity index (χ0v) is 15.5. The van der Waals surface area contributed by atoms with Gasteiger partial charge in [0.1, 0.15) is 23.2 Å². The highest BCUT2D eigenvalue weighted by Gasteiger charge is 2.26. The van der Waals surface area contributed by atoms with Crippen molar-refractivity contribution in [3.05, 3.63) is 48.1 Å². The molecule has 0 amide bonds. The van der Waals surface area contributed by atoms with Crippen molar-refractivity contribution in [2.45, 2.75) is 31.6 Å². The van der Waals surface area contributed by atoms with Gasteiger partial charge in [-0.2, -0.15) is 10.2 Å². The average Bonchev–Trinajstić information content (AvgIpc) is 3.22. The summed E-state index contributed by atoms with van der Waals surface area (Å²) in [5.74, 6) is -0.617. The van der Waals surface area contributed by atoms with E-state index in [-0.39, 0.29) is 16.3 Å². The second-order valence-corrected chi connectivity index (χ2v) is 7.28. The molecular weight excluding hydrogens is 359 g/mol. The molecule has 8 nitrogen and oxygen atoms in total. The molecule has 0 radical (unpaired) electrons. The van der Waals surface area contributed by atoms with E-state index >= 15 is 0 Å². The minimum atomic E-state index is -3.90. The fourth-order valence-corrected chi connectivity index (χ4v) is 4.45. The van der Waals surface area contributed by atoms with E-state index in [1.54, 1.807) is 11.7 Å². The lowest BCUT2D eigenvalue weighted by atomic mass is 10.2. The summed E-state index contributed by atoms with van der Waals surface area (Å²) in [5, 5.41) is 8.14. The first-order valence-corrected chi connectivity index (χ1v) is 9.57. The minimum absolute atomic E-state index is 0.124. The van der Waals surface area contributed by atoms with Gasteiger partial charge in [-0.15, -0.1) is 0 Å². The van der Waals surface area contributed by atoms with Crippen LogP contribution >= 0.6 is 0 Å². The standard InChI is InChI=1S/C16H19FN6O2S/c1-4-13-16(14(5-2)22(3)20-13)26(24,25)21-11-6-7-15(12(17)8-11)23-10-18-9-19-23/h6-10,21H,4-5H2,1-3H3. The van der Waals surface area contributed by atoms with Crippen LogP contribution in [0, 0.1) is 5.82 Å². The van der Waals surface area contributed by atoms with Crippen LogP contribution in [0.15, 0.2) is 35.7 Å². The van der Waals surface area contributed by atoms with Crippen molar-refractivity contribution in [1.82, 2.24) is 24.5 Å². The number of benzene rings is 1.